The van der Waals surface area contributed by atoms with E-state index in [9.17, 15) is 0 Å². The molecular formula is C48H28O. The van der Waals surface area contributed by atoms with Crippen molar-refractivity contribution in [1.82, 2.24) is 0 Å². The maximum atomic E-state index is 6.72. The molecule has 0 amide bonds. The topological polar surface area (TPSA) is 13.1 Å². The molecular weight excluding hydrogens is 593 g/mol. The van der Waals surface area contributed by atoms with Gasteiger partial charge in [0, 0.05) is 10.8 Å². The zero-order valence-corrected chi connectivity index (χ0v) is 26.6. The van der Waals surface area contributed by atoms with Crippen molar-refractivity contribution in [2.75, 3.05) is 0 Å². The first-order chi connectivity index (χ1) is 24.3. The summed E-state index contributed by atoms with van der Waals surface area (Å²) >= 11 is 0. The summed E-state index contributed by atoms with van der Waals surface area (Å²) in [6, 6.07) is 62.0. The Kier molecular flexibility index (Phi) is 5.45. The zero-order chi connectivity index (χ0) is 32.1. The van der Waals surface area contributed by atoms with Gasteiger partial charge >= 0.3 is 0 Å². The van der Waals surface area contributed by atoms with Gasteiger partial charge < -0.3 is 4.42 Å². The molecule has 0 aliphatic carbocycles. The Hall–Kier alpha value is -6.44. The fraction of sp³-hybridized carbons (Fsp3) is 0. The van der Waals surface area contributed by atoms with Crippen LogP contribution < -0.4 is 0 Å². The van der Waals surface area contributed by atoms with Gasteiger partial charge in [-0.3, -0.25) is 0 Å². The van der Waals surface area contributed by atoms with E-state index < -0.39 is 0 Å². The highest BCUT2D eigenvalue weighted by atomic mass is 16.3. The molecule has 0 aliphatic rings. The monoisotopic (exact) mass is 620 g/mol. The number of hydrogen-bond acceptors (Lipinski definition) is 1. The second-order valence-corrected chi connectivity index (χ2v) is 13.2. The van der Waals surface area contributed by atoms with Gasteiger partial charge in [-0.05, 0) is 105 Å². The summed E-state index contributed by atoms with van der Waals surface area (Å²) < 4.78 is 6.72. The Labute approximate surface area is 282 Å². The van der Waals surface area contributed by atoms with Gasteiger partial charge in [0.25, 0.3) is 0 Å². The van der Waals surface area contributed by atoms with E-state index in [1.54, 1.807) is 0 Å². The molecule has 11 aromatic rings. The molecule has 0 spiro atoms. The Morgan fingerprint density at radius 1 is 0.286 bits per heavy atom. The van der Waals surface area contributed by atoms with Crippen molar-refractivity contribution in [3.63, 3.8) is 0 Å². The van der Waals surface area contributed by atoms with E-state index >= 15 is 0 Å². The van der Waals surface area contributed by atoms with Gasteiger partial charge in [-0.15, -0.1) is 0 Å². The summed E-state index contributed by atoms with van der Waals surface area (Å²) in [6.07, 6.45) is 0. The lowest BCUT2D eigenvalue weighted by Gasteiger charge is -2.19. The molecule has 1 heterocycles. The third-order valence-electron chi connectivity index (χ3n) is 10.6. The number of furan rings is 1. The average molecular weight is 621 g/mol. The molecule has 0 saturated heterocycles. The van der Waals surface area contributed by atoms with Gasteiger partial charge in [0.05, 0.1) is 0 Å². The molecule has 0 radical (unpaired) electrons. The quantitative estimate of drug-likeness (QED) is 0.138. The van der Waals surface area contributed by atoms with E-state index in [2.05, 4.69) is 170 Å². The highest BCUT2D eigenvalue weighted by Gasteiger charge is 2.21. The molecule has 0 saturated carbocycles. The maximum absolute atomic E-state index is 6.72. The molecule has 0 aliphatic heterocycles. The number of benzene rings is 10. The van der Waals surface area contributed by atoms with Gasteiger partial charge in [-0.1, -0.05) is 152 Å². The third-order valence-corrected chi connectivity index (χ3v) is 10.6. The first kappa shape index (κ1) is 26.6. The van der Waals surface area contributed by atoms with Crippen LogP contribution in [0.4, 0.5) is 0 Å². The Morgan fingerprint density at radius 3 is 1.49 bits per heavy atom. The Balaban J connectivity index is 1.25. The number of rotatable bonds is 2. The lowest BCUT2D eigenvalue weighted by molar-refractivity contribution is 0.669. The van der Waals surface area contributed by atoms with Crippen LogP contribution in [0.2, 0.25) is 0 Å². The summed E-state index contributed by atoms with van der Waals surface area (Å²) in [5, 5.41) is 17.3. The van der Waals surface area contributed by atoms with E-state index in [4.69, 9.17) is 4.42 Å². The summed E-state index contributed by atoms with van der Waals surface area (Å²) in [7, 11) is 0. The SMILES string of the molecule is c1ccc2c(c1)ccc1cc(-c3c4ccccc4c(-c4cc5oc6ccc7ccccc7c6c5c5ccccc45)c4ccccc34)ccc12. The van der Waals surface area contributed by atoms with E-state index in [0.29, 0.717) is 0 Å². The molecule has 49 heavy (non-hydrogen) atoms. The van der Waals surface area contributed by atoms with Gasteiger partial charge in [0.1, 0.15) is 11.2 Å². The molecule has 1 aromatic heterocycles. The largest absolute Gasteiger partial charge is 0.456 e. The van der Waals surface area contributed by atoms with Crippen molar-refractivity contribution in [2.24, 2.45) is 0 Å². The van der Waals surface area contributed by atoms with Crippen LogP contribution in [0.25, 0.3) is 109 Å². The van der Waals surface area contributed by atoms with Crippen molar-refractivity contribution in [2.45, 2.75) is 0 Å². The summed E-state index contributed by atoms with van der Waals surface area (Å²) in [5.41, 5.74) is 6.77. The highest BCUT2D eigenvalue weighted by Crippen LogP contribution is 2.48. The summed E-state index contributed by atoms with van der Waals surface area (Å²) in [4.78, 5) is 0. The van der Waals surface area contributed by atoms with Crippen molar-refractivity contribution in [3.8, 4) is 22.3 Å². The summed E-state index contributed by atoms with van der Waals surface area (Å²) in [5.74, 6) is 0. The van der Waals surface area contributed by atoms with Gasteiger partial charge in [0.15, 0.2) is 0 Å². The molecule has 0 N–H and O–H groups in total. The predicted octanol–water partition coefficient (Wildman–Crippen LogP) is 13.8. The fourth-order valence-electron chi connectivity index (χ4n) is 8.51. The van der Waals surface area contributed by atoms with Crippen LogP contribution in [0, 0.1) is 0 Å². The van der Waals surface area contributed by atoms with Crippen LogP contribution in [-0.2, 0) is 0 Å². The van der Waals surface area contributed by atoms with Crippen LogP contribution in [0.5, 0.6) is 0 Å². The van der Waals surface area contributed by atoms with Gasteiger partial charge in [0.2, 0.25) is 0 Å². The molecule has 0 unspecified atom stereocenters. The van der Waals surface area contributed by atoms with E-state index in [-0.39, 0.29) is 0 Å². The van der Waals surface area contributed by atoms with Crippen LogP contribution in [0.1, 0.15) is 0 Å². The fourth-order valence-corrected chi connectivity index (χ4v) is 8.51. The van der Waals surface area contributed by atoms with Gasteiger partial charge in [-0.25, -0.2) is 0 Å². The molecule has 1 heteroatoms. The maximum Gasteiger partial charge on any atom is 0.136 e. The molecule has 0 bridgehead atoms. The van der Waals surface area contributed by atoms with E-state index in [1.165, 1.54) is 97.7 Å². The second-order valence-electron chi connectivity index (χ2n) is 13.2. The lowest BCUT2D eigenvalue weighted by atomic mass is 9.84. The molecule has 0 fully saturated rings. The van der Waals surface area contributed by atoms with Crippen molar-refractivity contribution in [1.29, 1.82) is 0 Å². The number of hydrogen-bond donors (Lipinski definition) is 0. The molecule has 0 atom stereocenters. The molecule has 226 valence electrons. The standard InChI is InChI=1S/C48H28O/c1-3-13-33-29(11-1)21-22-31-27-32(23-25-34(31)33)45-38-17-7-9-19-40(38)46(41-20-10-8-18-39(41)45)42-28-44-48(37-16-6-5-15-36(37)42)47-35-14-4-2-12-30(35)24-26-43(47)49-44/h1-28H. The normalized spacial score (nSPS) is 12.1. The second kappa shape index (κ2) is 10.0. The third kappa shape index (κ3) is 3.76. The van der Waals surface area contributed by atoms with Crippen LogP contribution in [-0.4, -0.2) is 0 Å². The van der Waals surface area contributed by atoms with Gasteiger partial charge in [-0.2, -0.15) is 0 Å². The van der Waals surface area contributed by atoms with Crippen LogP contribution in [0.15, 0.2) is 174 Å². The predicted molar refractivity (Wildman–Crippen MR) is 210 cm³/mol. The van der Waals surface area contributed by atoms with Crippen LogP contribution >= 0.6 is 0 Å². The van der Waals surface area contributed by atoms with Crippen molar-refractivity contribution >= 4 is 86.6 Å². The first-order valence-electron chi connectivity index (χ1n) is 16.9. The highest BCUT2D eigenvalue weighted by molar-refractivity contribution is 6.31. The zero-order valence-electron chi connectivity index (χ0n) is 26.6. The average Bonchev–Trinajstić information content (AvgIpc) is 3.56. The van der Waals surface area contributed by atoms with Crippen molar-refractivity contribution in [3.05, 3.63) is 170 Å². The molecule has 11 rings (SSSR count). The van der Waals surface area contributed by atoms with Crippen molar-refractivity contribution < 1.29 is 4.42 Å². The minimum Gasteiger partial charge on any atom is -0.456 e. The van der Waals surface area contributed by atoms with E-state index in [1.807, 2.05) is 0 Å². The minimum absolute atomic E-state index is 0.916. The minimum atomic E-state index is 0.916. The van der Waals surface area contributed by atoms with E-state index in [0.717, 1.165) is 11.2 Å². The first-order valence-corrected chi connectivity index (χ1v) is 16.9. The van der Waals surface area contributed by atoms with Crippen LogP contribution in [0.3, 0.4) is 0 Å². The molecule has 10 aromatic carbocycles. The smallest absolute Gasteiger partial charge is 0.136 e. The number of fused-ring (bicyclic) bond motifs is 12. The molecule has 1 nitrogen and oxygen atoms in total. The summed E-state index contributed by atoms with van der Waals surface area (Å²) in [6.45, 7) is 0. The Bertz CT molecular complexity index is 3100. The Morgan fingerprint density at radius 2 is 0.776 bits per heavy atom. The lowest BCUT2D eigenvalue weighted by Crippen LogP contribution is -1.92.